The van der Waals surface area contributed by atoms with Crippen molar-refractivity contribution < 1.29 is 35.1 Å². The molecule has 4 aromatic carbocycles. The van der Waals surface area contributed by atoms with Gasteiger partial charge in [0.25, 0.3) is 0 Å². The molecule has 57 heavy (non-hydrogen) atoms. The van der Waals surface area contributed by atoms with Gasteiger partial charge in [0.15, 0.2) is 0 Å². The number of thiazole rings is 2. The predicted octanol–water partition coefficient (Wildman–Crippen LogP) is 8.78. The highest BCUT2D eigenvalue weighted by Gasteiger charge is 2.08. The summed E-state index contributed by atoms with van der Waals surface area (Å²) in [7, 11) is -4.64. The molecule has 0 spiro atoms. The number of aryl methyl sites for hydroxylation is 4. The SMILES string of the molecule is C[n+]1ccsc1N=Nc1ccc(NCCCCCNc2ccc(N=Nc3scc[n+]3C)cc2)cc1.Cc1ccccc1S(=O)(=O)[O-].Cc1ccccc1S(=O)(=O)[O-]. The van der Waals surface area contributed by atoms with E-state index >= 15 is 0 Å². The average Bonchev–Trinajstić information content (AvgIpc) is 3.80. The van der Waals surface area contributed by atoms with Crippen molar-refractivity contribution in [1.82, 2.24) is 0 Å². The van der Waals surface area contributed by atoms with Gasteiger partial charge in [-0.05, 0) is 138 Å². The molecule has 0 radical (unpaired) electrons. The van der Waals surface area contributed by atoms with Crippen LogP contribution in [0.1, 0.15) is 30.4 Å². The van der Waals surface area contributed by atoms with Crippen molar-refractivity contribution in [1.29, 1.82) is 0 Å². The zero-order valence-electron chi connectivity index (χ0n) is 31.8. The number of nitrogens with zero attached hydrogens (tertiary/aromatic N) is 6. The van der Waals surface area contributed by atoms with Gasteiger partial charge in [-0.3, -0.25) is 0 Å². The van der Waals surface area contributed by atoms with Gasteiger partial charge in [-0.25, -0.2) is 26.0 Å². The summed E-state index contributed by atoms with van der Waals surface area (Å²) in [6.07, 6.45) is 7.35. The smallest absolute Gasteiger partial charge is 0.408 e. The molecular weight excluding hydrogens is 805 g/mol. The molecule has 0 aliphatic heterocycles. The van der Waals surface area contributed by atoms with Gasteiger partial charge in [0.1, 0.15) is 44.0 Å². The molecule has 0 bridgehead atoms. The first-order valence-electron chi connectivity index (χ1n) is 17.6. The van der Waals surface area contributed by atoms with E-state index in [2.05, 4.69) is 31.1 Å². The maximum absolute atomic E-state index is 10.5. The fourth-order valence-electron chi connectivity index (χ4n) is 4.91. The standard InChI is InChI=1S/C25H28N8S2.2C7H8O3S/c1-32-16-18-34-24(32)30-28-22-10-6-20(7-11-22)26-14-4-3-5-15-27-21-8-12-23(13-9-21)29-31-25-33(2)17-19-35-25;2*1-6-4-2-3-5-7(6)11(8,9)10/h6-13,16-19H,3-5,14-15H2,1-2H3;2*2-5H,1H3,(H,8,9,10). The first-order valence-corrected chi connectivity index (χ1v) is 22.2. The third-order valence-corrected chi connectivity index (χ3v) is 11.7. The fraction of sp³-hybridized carbons (Fsp3) is 0.231. The van der Waals surface area contributed by atoms with Crippen molar-refractivity contribution in [3.8, 4) is 0 Å². The van der Waals surface area contributed by atoms with Crippen LogP contribution in [0.15, 0.2) is 150 Å². The van der Waals surface area contributed by atoms with Crippen LogP contribution in [0.2, 0.25) is 0 Å². The fourth-order valence-corrected chi connectivity index (χ4v) is 7.68. The Balaban J connectivity index is 0.000000265. The van der Waals surface area contributed by atoms with E-state index in [1.54, 1.807) is 60.8 Å². The Bertz CT molecular complexity index is 2280. The molecule has 6 aromatic rings. The van der Waals surface area contributed by atoms with E-state index in [0.29, 0.717) is 11.1 Å². The molecule has 300 valence electrons. The Morgan fingerprint density at radius 1 is 0.544 bits per heavy atom. The molecule has 2 heterocycles. The summed E-state index contributed by atoms with van der Waals surface area (Å²) in [5, 5.41) is 29.9. The van der Waals surface area contributed by atoms with Crippen molar-refractivity contribution in [2.45, 2.75) is 42.9 Å². The van der Waals surface area contributed by atoms with Crippen LogP contribution in [-0.2, 0) is 34.3 Å². The molecule has 6 rings (SSSR count). The van der Waals surface area contributed by atoms with E-state index < -0.39 is 20.2 Å². The van der Waals surface area contributed by atoms with Crippen molar-refractivity contribution in [2.75, 3.05) is 23.7 Å². The minimum atomic E-state index is -4.28. The lowest BCUT2D eigenvalue weighted by atomic mass is 10.2. The van der Waals surface area contributed by atoms with Crippen molar-refractivity contribution in [3.05, 3.63) is 131 Å². The van der Waals surface area contributed by atoms with E-state index in [9.17, 15) is 25.9 Å². The van der Waals surface area contributed by atoms with Gasteiger partial charge in [-0.2, -0.15) is 0 Å². The molecule has 18 heteroatoms. The third-order valence-electron chi connectivity index (χ3n) is 7.99. The van der Waals surface area contributed by atoms with Gasteiger partial charge in [0, 0.05) is 35.2 Å². The normalized spacial score (nSPS) is 11.5. The lowest BCUT2D eigenvalue weighted by Gasteiger charge is -2.08. The van der Waals surface area contributed by atoms with E-state index in [0.717, 1.165) is 65.4 Å². The van der Waals surface area contributed by atoms with Crippen LogP contribution in [-0.4, -0.2) is 39.0 Å². The van der Waals surface area contributed by atoms with E-state index in [4.69, 9.17) is 0 Å². The first kappa shape index (κ1) is 44.5. The van der Waals surface area contributed by atoms with E-state index in [1.807, 2.05) is 94.9 Å². The molecule has 2 N–H and O–H groups in total. The number of nitrogens with one attached hydrogen (secondary N) is 2. The number of benzene rings is 4. The molecular formula is C39H44N8O6S4. The third kappa shape index (κ3) is 15.3. The van der Waals surface area contributed by atoms with E-state index in [1.165, 1.54) is 24.3 Å². The minimum Gasteiger partial charge on any atom is -0.744 e. The van der Waals surface area contributed by atoms with Crippen LogP contribution >= 0.6 is 22.7 Å². The van der Waals surface area contributed by atoms with Gasteiger partial charge in [-0.1, -0.05) is 36.4 Å². The molecule has 0 fully saturated rings. The molecule has 0 amide bonds. The molecule has 0 saturated heterocycles. The van der Waals surface area contributed by atoms with Crippen LogP contribution in [0.25, 0.3) is 0 Å². The average molecular weight is 849 g/mol. The molecule has 0 atom stereocenters. The molecule has 0 aliphatic rings. The molecule has 14 nitrogen and oxygen atoms in total. The topological polar surface area (TPSA) is 196 Å². The quantitative estimate of drug-likeness (QED) is 0.0469. The van der Waals surface area contributed by atoms with Crippen LogP contribution in [0.4, 0.5) is 33.0 Å². The highest BCUT2D eigenvalue weighted by atomic mass is 32.2. The highest BCUT2D eigenvalue weighted by molar-refractivity contribution is 7.86. The number of hydrogen-bond acceptors (Lipinski definition) is 14. The summed E-state index contributed by atoms with van der Waals surface area (Å²) >= 11 is 3.14. The van der Waals surface area contributed by atoms with Gasteiger partial charge in [0.05, 0.1) is 34.1 Å². The molecule has 0 aliphatic carbocycles. The Morgan fingerprint density at radius 3 is 1.21 bits per heavy atom. The van der Waals surface area contributed by atoms with Crippen LogP contribution in [0, 0.1) is 13.8 Å². The monoisotopic (exact) mass is 848 g/mol. The summed E-state index contributed by atoms with van der Waals surface area (Å²) in [6, 6.07) is 28.3. The number of anilines is 2. The molecule has 0 saturated carbocycles. The van der Waals surface area contributed by atoms with Crippen LogP contribution < -0.4 is 19.8 Å². The van der Waals surface area contributed by atoms with E-state index in [-0.39, 0.29) is 9.79 Å². The predicted molar refractivity (Wildman–Crippen MR) is 221 cm³/mol. The number of unbranched alkanes of at least 4 members (excludes halogenated alkanes) is 2. The lowest BCUT2D eigenvalue weighted by Crippen LogP contribution is -2.23. The van der Waals surface area contributed by atoms with Crippen molar-refractivity contribution in [3.63, 3.8) is 0 Å². The molecule has 0 unspecified atom stereocenters. The second-order valence-electron chi connectivity index (χ2n) is 12.4. The second-order valence-corrected chi connectivity index (χ2v) is 16.9. The number of rotatable bonds is 14. The largest absolute Gasteiger partial charge is 0.744 e. The van der Waals surface area contributed by atoms with Crippen molar-refractivity contribution in [2.24, 2.45) is 34.6 Å². The van der Waals surface area contributed by atoms with Gasteiger partial charge < -0.3 is 19.7 Å². The zero-order chi connectivity index (χ0) is 41.3. The first-order chi connectivity index (χ1) is 27.2. The minimum absolute atomic E-state index is 0.139. The maximum Gasteiger partial charge on any atom is 0.408 e. The van der Waals surface area contributed by atoms with Gasteiger partial charge >= 0.3 is 10.3 Å². The summed E-state index contributed by atoms with van der Waals surface area (Å²) in [6.45, 7) is 5.08. The maximum atomic E-state index is 10.5. The lowest BCUT2D eigenvalue weighted by molar-refractivity contribution is -0.654. The Morgan fingerprint density at radius 2 is 0.912 bits per heavy atom. The zero-order valence-corrected chi connectivity index (χ0v) is 35.1. The number of azo groups is 2. The van der Waals surface area contributed by atoms with Gasteiger partial charge in [0.2, 0.25) is 0 Å². The van der Waals surface area contributed by atoms with Crippen LogP contribution in [0.5, 0.6) is 0 Å². The summed E-state index contributed by atoms with van der Waals surface area (Å²) in [5.74, 6) is 0. The summed E-state index contributed by atoms with van der Waals surface area (Å²) < 4.78 is 66.9. The summed E-state index contributed by atoms with van der Waals surface area (Å²) in [5.41, 5.74) is 4.89. The number of aromatic nitrogens is 2. The second kappa shape index (κ2) is 21.9. The highest BCUT2D eigenvalue weighted by Crippen LogP contribution is 2.22. The Hall–Kier alpha value is -5.24. The molecule has 2 aromatic heterocycles. The number of hydrogen-bond donors (Lipinski definition) is 2. The van der Waals surface area contributed by atoms with Crippen molar-refractivity contribution >= 4 is 75.9 Å². The van der Waals surface area contributed by atoms with Gasteiger partial charge in [-0.15, -0.1) is 0 Å². The Labute approximate surface area is 341 Å². The Kier molecular flexibility index (Phi) is 17.1. The summed E-state index contributed by atoms with van der Waals surface area (Å²) in [4.78, 5) is -0.278. The van der Waals surface area contributed by atoms with Crippen LogP contribution in [0.3, 0.4) is 0 Å².